The number of para-hydroxylation sites is 2. The van der Waals surface area contributed by atoms with Crippen molar-refractivity contribution in [1.82, 2.24) is 29.9 Å². The van der Waals surface area contributed by atoms with Crippen molar-refractivity contribution < 1.29 is 36.3 Å². The first-order chi connectivity index (χ1) is 31.3. The first kappa shape index (κ1) is 46.7. The predicted molar refractivity (Wildman–Crippen MR) is 245 cm³/mol. The Labute approximate surface area is 372 Å². The highest BCUT2D eigenvalue weighted by Crippen LogP contribution is 2.27. The van der Waals surface area contributed by atoms with E-state index in [1.54, 1.807) is 0 Å². The molecule has 8 rings (SSSR count). The fraction of sp³-hybridized carbons (Fsp3) is 0.174. The number of nitrogens with one attached hydrogen (secondary N) is 3. The third kappa shape index (κ3) is 11.1. The van der Waals surface area contributed by atoms with Crippen LogP contribution in [0.4, 0.5) is 26.4 Å². The van der Waals surface area contributed by atoms with Crippen molar-refractivity contribution in [2.45, 2.75) is 24.9 Å². The van der Waals surface area contributed by atoms with Gasteiger partial charge in [-0.05, 0) is 79.0 Å². The number of methoxy groups -OCH3 is 2. The molecule has 0 bridgehead atoms. The van der Waals surface area contributed by atoms with E-state index in [-0.39, 0.29) is 51.1 Å². The molecule has 0 aliphatic heterocycles. The zero-order valence-electron chi connectivity index (χ0n) is 35.6. The number of ketones is 2. The van der Waals surface area contributed by atoms with Crippen molar-refractivity contribution in [3.05, 3.63) is 155 Å². The number of halogens is 2. The maximum Gasteiger partial charge on any atom is 0.249 e. The number of sulfone groups is 1. The number of benzene rings is 4. The number of ether oxygens (including phenoxy) is 2. The van der Waals surface area contributed by atoms with E-state index < -0.39 is 38.2 Å². The smallest absolute Gasteiger partial charge is 0.249 e. The standard InChI is InChI=1S/C22H20FN5O2.C14H14FN3O4S.C10H12N2/c1-30-19-7-6-14(23)10-16(19)20(29)17-12-27-22(28-21(17)24)25-9-8-13-11-26-18-5-3-2-4-15(13)18;1-3-23(20,21)14-17-7-10(13(16)18-14)12(19)9-6-8(15)4-5-11(9)22-2;11-6-5-8-7-12-10-4-2-1-3-9(8)10/h2-7,10-12,26H,8-9H2,1H3,(H3,24,25,27,28);4-7H,3H2,1-2H3,(H2,16,17,18);1-4,7,12H,5-6,11H2. The van der Waals surface area contributed by atoms with Crippen LogP contribution in [0.2, 0.25) is 0 Å². The van der Waals surface area contributed by atoms with Gasteiger partial charge in [-0.15, -0.1) is 0 Å². The molecule has 0 saturated carbocycles. The predicted octanol–water partition coefficient (Wildman–Crippen LogP) is 6.47. The second-order valence-corrected chi connectivity index (χ2v) is 16.3. The van der Waals surface area contributed by atoms with Gasteiger partial charge in [0.15, 0.2) is 0 Å². The number of aromatic nitrogens is 6. The second kappa shape index (κ2) is 21.1. The molecule has 0 saturated heterocycles. The van der Waals surface area contributed by atoms with E-state index in [1.807, 2.05) is 36.7 Å². The third-order valence-corrected chi connectivity index (χ3v) is 11.5. The first-order valence-electron chi connectivity index (χ1n) is 20.1. The van der Waals surface area contributed by atoms with Gasteiger partial charge in [-0.2, -0.15) is 4.98 Å². The van der Waals surface area contributed by atoms with Crippen LogP contribution in [-0.2, 0) is 22.7 Å². The van der Waals surface area contributed by atoms with E-state index in [4.69, 9.17) is 26.7 Å². The molecular formula is C46H46F2N10O6S. The van der Waals surface area contributed by atoms with Crippen LogP contribution < -0.4 is 32.0 Å². The molecule has 0 aliphatic carbocycles. The Hall–Kier alpha value is -7.77. The summed E-state index contributed by atoms with van der Waals surface area (Å²) in [5.41, 5.74) is 21.9. The molecule has 4 heterocycles. The minimum Gasteiger partial charge on any atom is -0.496 e. The van der Waals surface area contributed by atoms with E-state index in [0.717, 1.165) is 42.8 Å². The van der Waals surface area contributed by atoms with Crippen molar-refractivity contribution in [3.8, 4) is 11.5 Å². The van der Waals surface area contributed by atoms with Crippen molar-refractivity contribution in [2.75, 3.05) is 49.8 Å². The van der Waals surface area contributed by atoms with Crippen LogP contribution >= 0.6 is 0 Å². The van der Waals surface area contributed by atoms with Gasteiger partial charge >= 0.3 is 0 Å². The molecule has 0 aliphatic rings. The Bertz CT molecular complexity index is 3090. The summed E-state index contributed by atoms with van der Waals surface area (Å²) in [6.45, 7) is 2.74. The number of rotatable bonds is 14. The molecule has 9 N–H and O–H groups in total. The number of nitrogen functional groups attached to an aromatic ring is 2. The van der Waals surface area contributed by atoms with E-state index in [0.29, 0.717) is 19.0 Å². The van der Waals surface area contributed by atoms with Crippen LogP contribution in [0.5, 0.6) is 11.5 Å². The fourth-order valence-electron chi connectivity index (χ4n) is 6.63. The number of aromatic amines is 2. The average Bonchev–Trinajstić information content (AvgIpc) is 3.93. The summed E-state index contributed by atoms with van der Waals surface area (Å²) in [7, 11) is -0.904. The normalized spacial score (nSPS) is 11.0. The van der Waals surface area contributed by atoms with Crippen molar-refractivity contribution in [3.63, 3.8) is 0 Å². The summed E-state index contributed by atoms with van der Waals surface area (Å²) in [5, 5.41) is 5.12. The highest BCUT2D eigenvalue weighted by molar-refractivity contribution is 7.91. The molecule has 4 aromatic heterocycles. The van der Waals surface area contributed by atoms with Gasteiger partial charge in [0.05, 0.1) is 42.2 Å². The molecule has 0 amide bonds. The number of carbonyl (C=O) groups is 2. The summed E-state index contributed by atoms with van der Waals surface area (Å²) >= 11 is 0. The molecule has 4 aromatic carbocycles. The van der Waals surface area contributed by atoms with E-state index >= 15 is 0 Å². The SMILES string of the molecule is CCS(=O)(=O)c1ncc(C(=O)c2cc(F)ccc2OC)c(N)n1.COc1ccc(F)cc1C(=O)c1cnc(NCCc2c[nH]c3ccccc23)nc1N.NCCc1c[nH]c2ccccc12. The molecular weight excluding hydrogens is 859 g/mol. The number of carbonyl (C=O) groups excluding carboxylic acids is 2. The van der Waals surface area contributed by atoms with Gasteiger partial charge in [-0.1, -0.05) is 43.3 Å². The van der Waals surface area contributed by atoms with Crippen LogP contribution in [0, 0.1) is 11.6 Å². The van der Waals surface area contributed by atoms with E-state index in [2.05, 4.69) is 59.5 Å². The topological polar surface area (TPSA) is 260 Å². The summed E-state index contributed by atoms with van der Waals surface area (Å²) in [4.78, 5) is 47.4. The van der Waals surface area contributed by atoms with Crippen LogP contribution in [0.3, 0.4) is 0 Å². The number of fused-ring (bicyclic) bond motifs is 2. The zero-order valence-corrected chi connectivity index (χ0v) is 36.4. The molecule has 8 aromatic rings. The Morgan fingerprint density at radius 3 is 1.66 bits per heavy atom. The van der Waals surface area contributed by atoms with Crippen LogP contribution in [0.25, 0.3) is 21.8 Å². The van der Waals surface area contributed by atoms with Crippen molar-refractivity contribution >= 4 is 60.8 Å². The van der Waals surface area contributed by atoms with Gasteiger partial charge in [0.2, 0.25) is 32.5 Å². The molecule has 19 heteroatoms. The maximum atomic E-state index is 13.6. The van der Waals surface area contributed by atoms with E-state index in [9.17, 15) is 26.8 Å². The quantitative estimate of drug-likeness (QED) is 0.0505. The molecule has 336 valence electrons. The van der Waals surface area contributed by atoms with E-state index in [1.165, 1.54) is 73.0 Å². The maximum absolute atomic E-state index is 13.6. The first-order valence-corrected chi connectivity index (χ1v) is 21.7. The number of nitrogens with two attached hydrogens (primary N) is 3. The number of hydrogen-bond donors (Lipinski definition) is 6. The van der Waals surface area contributed by atoms with Gasteiger partial charge in [0.25, 0.3) is 0 Å². The molecule has 0 unspecified atom stereocenters. The molecule has 65 heavy (non-hydrogen) atoms. The van der Waals surface area contributed by atoms with Gasteiger partial charge in [0.1, 0.15) is 34.8 Å². The highest BCUT2D eigenvalue weighted by Gasteiger charge is 2.23. The van der Waals surface area contributed by atoms with Gasteiger partial charge in [0, 0.05) is 53.1 Å². The Kier molecular flexibility index (Phi) is 15.1. The number of hydrogen-bond acceptors (Lipinski definition) is 14. The average molecular weight is 905 g/mol. The minimum absolute atomic E-state index is 0.0101. The fourth-order valence-corrected chi connectivity index (χ4v) is 7.34. The lowest BCUT2D eigenvalue weighted by Crippen LogP contribution is -2.14. The molecule has 16 nitrogen and oxygen atoms in total. The summed E-state index contributed by atoms with van der Waals surface area (Å²) < 4.78 is 60.6. The molecule has 0 radical (unpaired) electrons. The Morgan fingerprint density at radius 2 is 1.18 bits per heavy atom. The van der Waals surface area contributed by atoms with Crippen molar-refractivity contribution in [2.24, 2.45) is 5.73 Å². The summed E-state index contributed by atoms with van der Waals surface area (Å²) in [5.74, 6) is -2.11. The number of anilines is 3. The Morgan fingerprint density at radius 1 is 0.692 bits per heavy atom. The van der Waals surface area contributed by atoms with Crippen molar-refractivity contribution in [1.29, 1.82) is 0 Å². The minimum atomic E-state index is -3.65. The summed E-state index contributed by atoms with van der Waals surface area (Å²) in [6, 6.07) is 23.5. The van der Waals surface area contributed by atoms with Crippen LogP contribution in [-0.4, -0.2) is 83.0 Å². The van der Waals surface area contributed by atoms with Gasteiger partial charge in [-0.3, -0.25) is 9.59 Å². The van der Waals surface area contributed by atoms with Gasteiger partial charge < -0.3 is 42.0 Å². The van der Waals surface area contributed by atoms with Crippen LogP contribution in [0.1, 0.15) is 49.9 Å². The Balaban J connectivity index is 0.000000176. The lowest BCUT2D eigenvalue weighted by Gasteiger charge is -2.10. The monoisotopic (exact) mass is 904 g/mol. The molecule has 0 spiro atoms. The second-order valence-electron chi connectivity index (χ2n) is 14.1. The molecule has 0 fully saturated rings. The number of H-pyrrole nitrogens is 2. The molecule has 0 atom stereocenters. The van der Waals surface area contributed by atoms with Crippen LogP contribution in [0.15, 0.2) is 115 Å². The third-order valence-electron chi connectivity index (χ3n) is 10.0. The lowest BCUT2D eigenvalue weighted by atomic mass is 10.0. The number of nitrogens with zero attached hydrogens (tertiary/aromatic N) is 4. The highest BCUT2D eigenvalue weighted by atomic mass is 32.2. The van der Waals surface area contributed by atoms with Gasteiger partial charge in [-0.25, -0.2) is 32.2 Å². The lowest BCUT2D eigenvalue weighted by molar-refractivity contribution is 0.102. The largest absolute Gasteiger partial charge is 0.496 e. The zero-order chi connectivity index (χ0) is 46.7. The summed E-state index contributed by atoms with van der Waals surface area (Å²) in [6.07, 6.45) is 8.08.